The van der Waals surface area contributed by atoms with Gasteiger partial charge in [0.1, 0.15) is 0 Å². The minimum absolute atomic E-state index is 0.0269. The maximum Gasteiger partial charge on any atom is 0.264 e. The van der Waals surface area contributed by atoms with Crippen LogP contribution in [0.2, 0.25) is 0 Å². The second-order valence-corrected chi connectivity index (χ2v) is 14.3. The molecule has 2 saturated carbocycles. The summed E-state index contributed by atoms with van der Waals surface area (Å²) >= 11 is 0. The summed E-state index contributed by atoms with van der Waals surface area (Å²) < 4.78 is 36.4. The lowest BCUT2D eigenvalue weighted by Crippen LogP contribution is -2.46. The lowest BCUT2D eigenvalue weighted by molar-refractivity contribution is -0.0490. The highest BCUT2D eigenvalue weighted by atomic mass is 32.2. The van der Waals surface area contributed by atoms with Crippen molar-refractivity contribution in [3.63, 3.8) is 0 Å². The summed E-state index contributed by atoms with van der Waals surface area (Å²) in [5.41, 5.74) is 5.39. The van der Waals surface area contributed by atoms with E-state index in [4.69, 9.17) is 4.74 Å². The van der Waals surface area contributed by atoms with Crippen molar-refractivity contribution in [2.45, 2.75) is 77.0 Å². The number of rotatable bonds is 4. The minimum Gasteiger partial charge on any atom is -0.477 e. The average Bonchev–Trinajstić information content (AvgIpc) is 2.82. The summed E-state index contributed by atoms with van der Waals surface area (Å²) in [7, 11) is -3.89. The van der Waals surface area contributed by atoms with E-state index in [1.807, 2.05) is 50.2 Å². The van der Waals surface area contributed by atoms with Crippen LogP contribution in [0.15, 0.2) is 53.4 Å². The highest BCUT2D eigenvalue weighted by Gasteiger charge is 2.52. The summed E-state index contributed by atoms with van der Waals surface area (Å²) in [6.07, 6.45) is 7.49. The molecule has 0 radical (unpaired) electrons. The number of ether oxygens (including phenoxy) is 1. The molecule has 7 heteroatoms. The van der Waals surface area contributed by atoms with Crippen LogP contribution in [0.25, 0.3) is 11.3 Å². The second kappa shape index (κ2) is 9.92. The van der Waals surface area contributed by atoms with Crippen LogP contribution >= 0.6 is 0 Å². The van der Waals surface area contributed by atoms with Crippen LogP contribution < -0.4 is 9.46 Å². The van der Waals surface area contributed by atoms with Gasteiger partial charge in [0.2, 0.25) is 11.8 Å². The molecular formula is C32H39N3O3S. The smallest absolute Gasteiger partial charge is 0.264 e. The Balaban J connectivity index is 1.46. The molecule has 2 atom stereocenters. The van der Waals surface area contributed by atoms with E-state index in [9.17, 15) is 8.42 Å². The van der Waals surface area contributed by atoms with Crippen LogP contribution in [-0.2, 0) is 10.0 Å². The summed E-state index contributed by atoms with van der Waals surface area (Å²) in [4.78, 5) is 9.43. The third-order valence-electron chi connectivity index (χ3n) is 9.26. The Labute approximate surface area is 232 Å². The monoisotopic (exact) mass is 545 g/mol. The van der Waals surface area contributed by atoms with Crippen LogP contribution in [0.1, 0.15) is 75.0 Å². The normalized spacial score (nSPS) is 23.5. The largest absolute Gasteiger partial charge is 0.477 e. The number of nitrogens with zero attached hydrogens (tertiary/aromatic N) is 2. The first-order valence-electron chi connectivity index (χ1n) is 14.3. The standard InChI is InChI=1S/C32H39N3O3S/c1-20(2)14-24-19-38-28-16-27(29-21(3)8-5-9-22(29)4)33-31(34-28)35-39(36,37)26-11-6-10-23(15-26)30(24)25-17-32(18-25)12-7-13-32/h5-6,8-11,15-16,20,24-25,30H,7,12-14,17-19H2,1-4H3,(H,33,34,35). The molecule has 1 spiro atoms. The van der Waals surface area contributed by atoms with Crippen LogP contribution in [-0.4, -0.2) is 25.0 Å². The molecule has 2 aliphatic carbocycles. The fourth-order valence-corrected chi connectivity index (χ4v) is 8.39. The summed E-state index contributed by atoms with van der Waals surface area (Å²) in [6, 6.07) is 15.5. The summed E-state index contributed by atoms with van der Waals surface area (Å²) in [5, 5.41) is 0. The molecule has 3 aliphatic rings. The van der Waals surface area contributed by atoms with E-state index in [0.29, 0.717) is 35.4 Å². The molecule has 4 bridgehead atoms. The number of sulfonamides is 1. The number of benzene rings is 2. The zero-order valence-electron chi connectivity index (χ0n) is 23.4. The van der Waals surface area contributed by atoms with Gasteiger partial charge in [-0.25, -0.2) is 18.1 Å². The van der Waals surface area contributed by atoms with E-state index >= 15 is 0 Å². The molecule has 2 heterocycles. The predicted octanol–water partition coefficient (Wildman–Crippen LogP) is 7.28. The van der Waals surface area contributed by atoms with Gasteiger partial charge in [0.15, 0.2) is 0 Å². The Bertz CT molecular complexity index is 1470. The molecule has 2 unspecified atom stereocenters. The maximum atomic E-state index is 13.6. The summed E-state index contributed by atoms with van der Waals surface area (Å²) in [6.45, 7) is 9.12. The van der Waals surface area contributed by atoms with Crippen molar-refractivity contribution in [3.8, 4) is 17.1 Å². The lowest BCUT2D eigenvalue weighted by Gasteiger charge is -2.57. The number of hydrogen-bond acceptors (Lipinski definition) is 5. The van der Waals surface area contributed by atoms with Gasteiger partial charge in [0, 0.05) is 17.5 Å². The quantitative estimate of drug-likeness (QED) is 0.373. The topological polar surface area (TPSA) is 81.2 Å². The van der Waals surface area contributed by atoms with Crippen molar-refractivity contribution < 1.29 is 13.2 Å². The van der Waals surface area contributed by atoms with Crippen LogP contribution in [0.5, 0.6) is 5.88 Å². The fraction of sp³-hybridized carbons (Fsp3) is 0.500. The highest BCUT2D eigenvalue weighted by Crippen LogP contribution is 2.63. The van der Waals surface area contributed by atoms with Crippen LogP contribution in [0, 0.1) is 37.0 Å². The van der Waals surface area contributed by atoms with E-state index in [0.717, 1.165) is 28.7 Å². The molecule has 39 heavy (non-hydrogen) atoms. The van der Waals surface area contributed by atoms with Crippen molar-refractivity contribution >= 4 is 16.0 Å². The third-order valence-corrected chi connectivity index (χ3v) is 10.6. The summed E-state index contributed by atoms with van der Waals surface area (Å²) in [5.74, 6) is 1.96. The van der Waals surface area contributed by atoms with Crippen molar-refractivity contribution in [1.29, 1.82) is 0 Å². The first-order chi connectivity index (χ1) is 18.6. The first kappa shape index (κ1) is 26.3. The maximum absolute atomic E-state index is 13.6. The number of anilines is 1. The molecule has 6 nitrogen and oxygen atoms in total. The molecule has 0 amide bonds. The zero-order valence-corrected chi connectivity index (χ0v) is 24.2. The molecule has 1 aromatic heterocycles. The second-order valence-electron chi connectivity index (χ2n) is 12.6. The van der Waals surface area contributed by atoms with Gasteiger partial charge in [-0.1, -0.05) is 50.6 Å². The molecule has 1 N–H and O–H groups in total. The Kier molecular flexibility index (Phi) is 6.69. The van der Waals surface area contributed by atoms with E-state index in [-0.39, 0.29) is 22.7 Å². The first-order valence-corrected chi connectivity index (χ1v) is 15.8. The van der Waals surface area contributed by atoms with E-state index in [1.54, 1.807) is 6.07 Å². The van der Waals surface area contributed by atoms with Gasteiger partial charge in [-0.05, 0) is 97.9 Å². The molecule has 3 aromatic rings. The van der Waals surface area contributed by atoms with Gasteiger partial charge in [-0.15, -0.1) is 0 Å². The van der Waals surface area contributed by atoms with Crippen molar-refractivity contribution in [3.05, 3.63) is 65.2 Å². The Hall–Kier alpha value is -2.93. The van der Waals surface area contributed by atoms with E-state index in [1.165, 1.54) is 32.1 Å². The average molecular weight is 546 g/mol. The van der Waals surface area contributed by atoms with Crippen molar-refractivity contribution in [2.24, 2.45) is 23.2 Å². The fourth-order valence-electron chi connectivity index (χ4n) is 7.40. The Morgan fingerprint density at radius 3 is 2.41 bits per heavy atom. The third kappa shape index (κ3) is 5.06. The SMILES string of the molecule is Cc1cccc(C)c1-c1cc2nc(n1)NS(=O)(=O)c1cccc(c1)C(C1CC3(CCC3)C1)C(CC(C)C)CO2. The molecule has 206 valence electrons. The zero-order chi connectivity index (χ0) is 27.4. The molecule has 2 aromatic carbocycles. The van der Waals surface area contributed by atoms with Crippen molar-refractivity contribution in [2.75, 3.05) is 11.3 Å². The number of hydrogen-bond donors (Lipinski definition) is 1. The van der Waals surface area contributed by atoms with Gasteiger partial charge in [0.25, 0.3) is 10.0 Å². The molecule has 2 fully saturated rings. The number of nitrogens with one attached hydrogen (secondary N) is 1. The lowest BCUT2D eigenvalue weighted by atomic mass is 9.48. The van der Waals surface area contributed by atoms with E-state index in [2.05, 4.69) is 34.6 Å². The van der Waals surface area contributed by atoms with Crippen LogP contribution in [0.4, 0.5) is 5.95 Å². The molecule has 0 saturated heterocycles. The van der Waals surface area contributed by atoms with Gasteiger partial charge in [0.05, 0.1) is 17.2 Å². The molecule has 1 aliphatic heterocycles. The number of aryl methyl sites for hydroxylation is 2. The highest BCUT2D eigenvalue weighted by molar-refractivity contribution is 7.92. The van der Waals surface area contributed by atoms with Gasteiger partial charge >= 0.3 is 0 Å². The minimum atomic E-state index is -3.89. The van der Waals surface area contributed by atoms with Crippen LogP contribution in [0.3, 0.4) is 0 Å². The number of fused-ring (bicyclic) bond motifs is 4. The number of aromatic nitrogens is 2. The van der Waals surface area contributed by atoms with Gasteiger partial charge in [-0.2, -0.15) is 4.98 Å². The van der Waals surface area contributed by atoms with Gasteiger partial charge in [-0.3, -0.25) is 0 Å². The van der Waals surface area contributed by atoms with Gasteiger partial charge < -0.3 is 4.74 Å². The Morgan fingerprint density at radius 1 is 1.03 bits per heavy atom. The van der Waals surface area contributed by atoms with Crippen molar-refractivity contribution in [1.82, 2.24) is 9.97 Å². The Morgan fingerprint density at radius 2 is 1.74 bits per heavy atom. The molecular weight excluding hydrogens is 506 g/mol. The van der Waals surface area contributed by atoms with E-state index < -0.39 is 10.0 Å². The predicted molar refractivity (Wildman–Crippen MR) is 154 cm³/mol. The molecule has 6 rings (SSSR count).